The number of unbranched alkanes of at least 4 members (excludes halogenated alkanes) is 1. The highest BCUT2D eigenvalue weighted by atomic mass is 16.5. The number of carbonyl (C=O) groups is 1. The molecule has 1 N–H and O–H groups in total. The molecule has 0 aromatic heterocycles. The van der Waals surface area contributed by atoms with Gasteiger partial charge in [0.05, 0.1) is 24.7 Å². The van der Waals surface area contributed by atoms with Gasteiger partial charge in [0.15, 0.2) is 5.78 Å². The fourth-order valence-corrected chi connectivity index (χ4v) is 2.40. The highest BCUT2D eigenvalue weighted by Crippen LogP contribution is 2.39. The lowest BCUT2D eigenvalue weighted by Gasteiger charge is -2.35. The van der Waals surface area contributed by atoms with E-state index in [0.29, 0.717) is 23.5 Å². The Bertz CT molecular complexity index is 469. The van der Waals surface area contributed by atoms with E-state index in [1.807, 2.05) is 0 Å². The Labute approximate surface area is 113 Å². The number of aliphatic hydroxyl groups is 1. The van der Waals surface area contributed by atoms with Gasteiger partial charge in [0, 0.05) is 6.07 Å². The van der Waals surface area contributed by atoms with Gasteiger partial charge < -0.3 is 14.6 Å². The van der Waals surface area contributed by atoms with Gasteiger partial charge in [-0.3, -0.25) is 4.79 Å². The Morgan fingerprint density at radius 2 is 2.26 bits per heavy atom. The Hall–Kier alpha value is -1.55. The van der Waals surface area contributed by atoms with E-state index in [0.717, 1.165) is 12.8 Å². The zero-order valence-corrected chi connectivity index (χ0v) is 11.4. The number of aliphatic hydroxyl groups excluding tert-OH is 1. The van der Waals surface area contributed by atoms with Crippen LogP contribution >= 0.6 is 0 Å². The van der Waals surface area contributed by atoms with Crippen LogP contribution in [0.15, 0.2) is 18.2 Å². The van der Waals surface area contributed by atoms with Crippen LogP contribution in [0.2, 0.25) is 0 Å². The molecule has 1 aliphatic rings. The van der Waals surface area contributed by atoms with Crippen molar-refractivity contribution in [2.75, 3.05) is 20.3 Å². The van der Waals surface area contributed by atoms with Crippen molar-refractivity contribution in [3.05, 3.63) is 23.8 Å². The molecule has 2 rings (SSSR count). The molecule has 1 atom stereocenters. The van der Waals surface area contributed by atoms with E-state index < -0.39 is 5.41 Å². The number of fused-ring (bicyclic) bond motifs is 1. The third kappa shape index (κ3) is 2.45. The van der Waals surface area contributed by atoms with E-state index in [9.17, 15) is 9.90 Å². The van der Waals surface area contributed by atoms with E-state index >= 15 is 0 Å². The first-order valence-electron chi connectivity index (χ1n) is 6.63. The monoisotopic (exact) mass is 264 g/mol. The van der Waals surface area contributed by atoms with E-state index in [2.05, 4.69) is 6.92 Å². The smallest absolute Gasteiger partial charge is 0.178 e. The molecule has 0 aliphatic carbocycles. The molecule has 104 valence electrons. The minimum Gasteiger partial charge on any atom is -0.497 e. The molecular formula is C15H20O4. The van der Waals surface area contributed by atoms with E-state index in [1.165, 1.54) is 0 Å². The molecule has 0 saturated carbocycles. The van der Waals surface area contributed by atoms with E-state index in [-0.39, 0.29) is 19.0 Å². The minimum atomic E-state index is -0.780. The maximum Gasteiger partial charge on any atom is 0.178 e. The number of carbonyl (C=O) groups excluding carboxylic acids is 1. The number of hydrogen-bond acceptors (Lipinski definition) is 4. The van der Waals surface area contributed by atoms with E-state index in [1.54, 1.807) is 25.3 Å². The van der Waals surface area contributed by atoms with Crippen molar-refractivity contribution in [1.82, 2.24) is 0 Å². The lowest BCUT2D eigenvalue weighted by Crippen LogP contribution is -2.44. The third-order valence-electron chi connectivity index (χ3n) is 3.73. The van der Waals surface area contributed by atoms with Crippen LogP contribution in [0, 0.1) is 5.41 Å². The summed E-state index contributed by atoms with van der Waals surface area (Å²) in [5, 5.41) is 9.64. The average Bonchev–Trinajstić information content (AvgIpc) is 2.47. The van der Waals surface area contributed by atoms with Gasteiger partial charge in [0.1, 0.15) is 18.1 Å². The summed E-state index contributed by atoms with van der Waals surface area (Å²) in [6, 6.07) is 5.17. The largest absolute Gasteiger partial charge is 0.497 e. The summed E-state index contributed by atoms with van der Waals surface area (Å²) in [7, 11) is 1.58. The van der Waals surface area contributed by atoms with Crippen LogP contribution in [0.4, 0.5) is 0 Å². The van der Waals surface area contributed by atoms with Gasteiger partial charge in [-0.2, -0.15) is 0 Å². The Balaban J connectivity index is 2.32. The second-order valence-corrected chi connectivity index (χ2v) is 5.02. The van der Waals surface area contributed by atoms with Crippen molar-refractivity contribution >= 4 is 5.78 Å². The minimum absolute atomic E-state index is 0.0210. The van der Waals surface area contributed by atoms with Gasteiger partial charge in [0.2, 0.25) is 0 Å². The molecule has 4 nitrogen and oxygen atoms in total. The molecule has 0 bridgehead atoms. The first-order valence-corrected chi connectivity index (χ1v) is 6.63. The van der Waals surface area contributed by atoms with Gasteiger partial charge in [-0.25, -0.2) is 0 Å². The Kier molecular flexibility index (Phi) is 4.10. The zero-order chi connectivity index (χ0) is 13.9. The molecular weight excluding hydrogens is 244 g/mol. The zero-order valence-electron chi connectivity index (χ0n) is 11.4. The number of benzene rings is 1. The van der Waals surface area contributed by atoms with Crippen LogP contribution in [0.5, 0.6) is 11.5 Å². The molecule has 1 aromatic rings. The average molecular weight is 264 g/mol. The van der Waals surface area contributed by atoms with Crippen LogP contribution in [-0.2, 0) is 0 Å². The summed E-state index contributed by atoms with van der Waals surface area (Å²) in [6.07, 6.45) is 2.55. The molecule has 1 heterocycles. The summed E-state index contributed by atoms with van der Waals surface area (Å²) in [5.41, 5.74) is -0.241. The maximum absolute atomic E-state index is 12.6. The normalized spacial score (nSPS) is 21.7. The Morgan fingerprint density at radius 1 is 1.47 bits per heavy atom. The van der Waals surface area contributed by atoms with Crippen molar-refractivity contribution in [2.24, 2.45) is 5.41 Å². The highest BCUT2D eigenvalue weighted by molar-refractivity contribution is 6.04. The predicted molar refractivity (Wildman–Crippen MR) is 71.9 cm³/mol. The number of hydrogen-bond donors (Lipinski definition) is 1. The van der Waals surface area contributed by atoms with Gasteiger partial charge in [0.25, 0.3) is 0 Å². The number of ether oxygens (including phenoxy) is 2. The van der Waals surface area contributed by atoms with Gasteiger partial charge in [-0.1, -0.05) is 19.8 Å². The van der Waals surface area contributed by atoms with Crippen molar-refractivity contribution in [2.45, 2.75) is 26.2 Å². The second-order valence-electron chi connectivity index (χ2n) is 5.02. The Morgan fingerprint density at radius 3 is 2.89 bits per heavy atom. The van der Waals surface area contributed by atoms with Crippen LogP contribution in [-0.4, -0.2) is 31.2 Å². The molecule has 0 fully saturated rings. The molecule has 1 aliphatic heterocycles. The van der Waals surface area contributed by atoms with Gasteiger partial charge in [-0.15, -0.1) is 0 Å². The fourth-order valence-electron chi connectivity index (χ4n) is 2.40. The second kappa shape index (κ2) is 5.61. The van der Waals surface area contributed by atoms with Crippen molar-refractivity contribution < 1.29 is 19.4 Å². The highest BCUT2D eigenvalue weighted by Gasteiger charge is 2.43. The van der Waals surface area contributed by atoms with Gasteiger partial charge >= 0.3 is 0 Å². The van der Waals surface area contributed by atoms with Crippen molar-refractivity contribution in [1.29, 1.82) is 0 Å². The van der Waals surface area contributed by atoms with Crippen LogP contribution in [0.3, 0.4) is 0 Å². The summed E-state index contributed by atoms with van der Waals surface area (Å²) in [6.45, 7) is 2.14. The van der Waals surface area contributed by atoms with Gasteiger partial charge in [-0.05, 0) is 18.6 Å². The van der Waals surface area contributed by atoms with Crippen molar-refractivity contribution in [3.63, 3.8) is 0 Å². The van der Waals surface area contributed by atoms with Crippen molar-refractivity contribution in [3.8, 4) is 11.5 Å². The first-order chi connectivity index (χ1) is 9.16. The molecule has 0 unspecified atom stereocenters. The number of methoxy groups -OCH3 is 1. The standard InChI is InChI=1S/C15H20O4/c1-3-4-7-15(9-16)10-19-13-8-11(18-2)5-6-12(13)14(15)17/h5-6,8,16H,3-4,7,9-10H2,1-2H3/t15-/m0/s1. The first kappa shape index (κ1) is 13.9. The lowest BCUT2D eigenvalue weighted by molar-refractivity contribution is 0.0337. The SMILES string of the molecule is CCCC[C@]1(CO)COc2cc(OC)ccc2C1=O. The fraction of sp³-hybridized carbons (Fsp3) is 0.533. The van der Waals surface area contributed by atoms with Crippen LogP contribution in [0.25, 0.3) is 0 Å². The molecule has 0 spiro atoms. The summed E-state index contributed by atoms with van der Waals surface area (Å²) in [4.78, 5) is 12.6. The van der Waals surface area contributed by atoms with Crippen LogP contribution < -0.4 is 9.47 Å². The van der Waals surface area contributed by atoms with E-state index in [4.69, 9.17) is 9.47 Å². The number of rotatable bonds is 5. The maximum atomic E-state index is 12.6. The summed E-state index contributed by atoms with van der Waals surface area (Å²) in [5.74, 6) is 1.19. The molecule has 0 amide bonds. The molecule has 1 aromatic carbocycles. The third-order valence-corrected chi connectivity index (χ3v) is 3.73. The summed E-state index contributed by atoms with van der Waals surface area (Å²) >= 11 is 0. The number of Topliss-reactive ketones (excluding diaryl/α,β-unsaturated/α-hetero) is 1. The van der Waals surface area contributed by atoms with Crippen LogP contribution in [0.1, 0.15) is 36.5 Å². The topological polar surface area (TPSA) is 55.8 Å². The molecule has 4 heteroatoms. The molecule has 0 radical (unpaired) electrons. The lowest BCUT2D eigenvalue weighted by atomic mass is 9.76. The number of ketones is 1. The molecule has 0 saturated heterocycles. The predicted octanol–water partition coefficient (Wildman–Crippen LogP) is 2.44. The summed E-state index contributed by atoms with van der Waals surface area (Å²) < 4.78 is 10.8. The quantitative estimate of drug-likeness (QED) is 0.887. The molecule has 19 heavy (non-hydrogen) atoms.